The summed E-state index contributed by atoms with van der Waals surface area (Å²) in [5.41, 5.74) is 0. The van der Waals surface area contributed by atoms with E-state index in [1.54, 1.807) is 12.5 Å². The molecule has 0 aliphatic carbocycles. The Labute approximate surface area is 108 Å². The number of aromatic nitrogens is 2. The molecule has 0 unspecified atom stereocenters. The van der Waals surface area contributed by atoms with Gasteiger partial charge in [-0.3, -0.25) is 4.79 Å². The molecular weight excluding hydrogens is 228 g/mol. The van der Waals surface area contributed by atoms with Gasteiger partial charge in [-0.15, -0.1) is 0 Å². The molecule has 1 amide bonds. The summed E-state index contributed by atoms with van der Waals surface area (Å²) in [5, 5.41) is 3.04. The van der Waals surface area contributed by atoms with Crippen molar-refractivity contribution in [3.63, 3.8) is 0 Å². The average molecular weight is 250 g/mol. The lowest BCUT2D eigenvalue weighted by Crippen LogP contribution is -2.39. The van der Waals surface area contributed by atoms with Crippen LogP contribution in [0.2, 0.25) is 0 Å². The minimum atomic E-state index is 0.217. The number of imidazole rings is 1. The maximum Gasteiger partial charge on any atom is 0.223 e. The Bertz CT molecular complexity index is 355. The SMILES string of the molecule is CN1CCC(C(=O)NCCCn2ccnc2)CC1. The van der Waals surface area contributed by atoms with Crippen molar-refractivity contribution in [1.29, 1.82) is 0 Å². The van der Waals surface area contributed by atoms with Crippen LogP contribution in [0.1, 0.15) is 19.3 Å². The van der Waals surface area contributed by atoms with Crippen LogP contribution >= 0.6 is 0 Å². The Kier molecular flexibility index (Phi) is 4.75. The van der Waals surface area contributed by atoms with Crippen LogP contribution in [-0.4, -0.2) is 47.0 Å². The summed E-state index contributed by atoms with van der Waals surface area (Å²) < 4.78 is 2.03. The van der Waals surface area contributed by atoms with Crippen LogP contribution < -0.4 is 5.32 Å². The molecule has 1 saturated heterocycles. The van der Waals surface area contributed by atoms with Gasteiger partial charge in [-0.25, -0.2) is 4.98 Å². The largest absolute Gasteiger partial charge is 0.356 e. The van der Waals surface area contributed by atoms with Gasteiger partial charge in [0.05, 0.1) is 6.33 Å². The topological polar surface area (TPSA) is 50.2 Å². The van der Waals surface area contributed by atoms with Gasteiger partial charge >= 0.3 is 0 Å². The van der Waals surface area contributed by atoms with E-state index in [9.17, 15) is 4.79 Å². The van der Waals surface area contributed by atoms with E-state index >= 15 is 0 Å². The quantitative estimate of drug-likeness (QED) is 0.784. The predicted octanol–water partition coefficient (Wildman–Crippen LogP) is 0.731. The Balaban J connectivity index is 1.60. The van der Waals surface area contributed by atoms with E-state index in [1.807, 2.05) is 10.8 Å². The van der Waals surface area contributed by atoms with E-state index in [0.717, 1.165) is 45.4 Å². The zero-order valence-electron chi connectivity index (χ0n) is 11.0. The van der Waals surface area contributed by atoms with Crippen LogP contribution in [-0.2, 0) is 11.3 Å². The number of rotatable bonds is 5. The zero-order chi connectivity index (χ0) is 12.8. The number of hydrogen-bond acceptors (Lipinski definition) is 3. The molecule has 1 aliphatic heterocycles. The van der Waals surface area contributed by atoms with Gasteiger partial charge in [0, 0.05) is 31.4 Å². The maximum atomic E-state index is 11.9. The highest BCUT2D eigenvalue weighted by Crippen LogP contribution is 2.15. The van der Waals surface area contributed by atoms with Crippen molar-refractivity contribution in [3.05, 3.63) is 18.7 Å². The van der Waals surface area contributed by atoms with Crippen molar-refractivity contribution in [3.8, 4) is 0 Å². The highest BCUT2D eigenvalue weighted by molar-refractivity contribution is 5.78. The second-order valence-corrected chi connectivity index (χ2v) is 5.02. The van der Waals surface area contributed by atoms with Crippen LogP contribution in [0.4, 0.5) is 0 Å². The standard InChI is InChI=1S/C13H22N4O/c1-16-8-3-12(4-9-16)13(18)15-5-2-7-17-10-6-14-11-17/h6,10-12H,2-5,7-9H2,1H3,(H,15,18). The van der Waals surface area contributed by atoms with Crippen LogP contribution in [0.15, 0.2) is 18.7 Å². The number of nitrogens with zero attached hydrogens (tertiary/aromatic N) is 3. The van der Waals surface area contributed by atoms with Gasteiger partial charge in [-0.05, 0) is 39.4 Å². The Morgan fingerprint density at radius 1 is 1.44 bits per heavy atom. The molecule has 1 aliphatic rings. The van der Waals surface area contributed by atoms with E-state index in [4.69, 9.17) is 0 Å². The van der Waals surface area contributed by atoms with Crippen molar-refractivity contribution in [2.75, 3.05) is 26.7 Å². The third kappa shape index (κ3) is 3.84. The van der Waals surface area contributed by atoms with Gasteiger partial charge in [0.2, 0.25) is 5.91 Å². The fourth-order valence-corrected chi connectivity index (χ4v) is 2.31. The summed E-state index contributed by atoms with van der Waals surface area (Å²) >= 11 is 0. The maximum absolute atomic E-state index is 11.9. The summed E-state index contributed by atoms with van der Waals surface area (Å²) in [4.78, 5) is 18.2. The van der Waals surface area contributed by atoms with Crippen molar-refractivity contribution in [2.24, 2.45) is 5.92 Å². The molecule has 2 heterocycles. The number of hydrogen-bond donors (Lipinski definition) is 1. The highest BCUT2D eigenvalue weighted by atomic mass is 16.1. The smallest absolute Gasteiger partial charge is 0.223 e. The van der Waals surface area contributed by atoms with Crippen molar-refractivity contribution < 1.29 is 4.79 Å². The summed E-state index contributed by atoms with van der Waals surface area (Å²) in [6.07, 6.45) is 8.46. The van der Waals surface area contributed by atoms with Gasteiger partial charge in [-0.1, -0.05) is 0 Å². The first-order chi connectivity index (χ1) is 8.75. The summed E-state index contributed by atoms with van der Waals surface area (Å²) in [7, 11) is 2.11. The number of likely N-dealkylation sites (tertiary alicyclic amines) is 1. The molecule has 1 aromatic heterocycles. The highest BCUT2D eigenvalue weighted by Gasteiger charge is 2.22. The van der Waals surface area contributed by atoms with Crippen LogP contribution in [0.5, 0.6) is 0 Å². The molecule has 5 heteroatoms. The fraction of sp³-hybridized carbons (Fsp3) is 0.692. The summed E-state index contributed by atoms with van der Waals surface area (Å²) in [6.45, 7) is 3.73. The number of carbonyl (C=O) groups excluding carboxylic acids is 1. The lowest BCUT2D eigenvalue weighted by molar-refractivity contribution is -0.126. The number of piperidine rings is 1. The Hall–Kier alpha value is -1.36. The zero-order valence-corrected chi connectivity index (χ0v) is 11.0. The predicted molar refractivity (Wildman–Crippen MR) is 70.1 cm³/mol. The lowest BCUT2D eigenvalue weighted by atomic mass is 9.96. The number of nitrogens with one attached hydrogen (secondary N) is 1. The van der Waals surface area contributed by atoms with Gasteiger partial charge in [-0.2, -0.15) is 0 Å². The van der Waals surface area contributed by atoms with Crippen molar-refractivity contribution >= 4 is 5.91 Å². The molecule has 0 atom stereocenters. The van der Waals surface area contributed by atoms with Gasteiger partial charge in [0.15, 0.2) is 0 Å². The monoisotopic (exact) mass is 250 g/mol. The lowest BCUT2D eigenvalue weighted by Gasteiger charge is -2.28. The molecule has 1 fully saturated rings. The van der Waals surface area contributed by atoms with Crippen molar-refractivity contribution in [2.45, 2.75) is 25.8 Å². The molecule has 5 nitrogen and oxygen atoms in total. The Morgan fingerprint density at radius 2 is 2.22 bits per heavy atom. The minimum Gasteiger partial charge on any atom is -0.356 e. The van der Waals surface area contributed by atoms with Crippen LogP contribution in [0.3, 0.4) is 0 Å². The molecule has 0 aromatic carbocycles. The third-order valence-electron chi connectivity index (χ3n) is 3.54. The number of aryl methyl sites for hydroxylation is 1. The molecule has 2 rings (SSSR count). The first-order valence-electron chi connectivity index (χ1n) is 6.67. The molecule has 0 radical (unpaired) electrons. The third-order valence-corrected chi connectivity index (χ3v) is 3.54. The van der Waals surface area contributed by atoms with Crippen LogP contribution in [0, 0.1) is 5.92 Å². The van der Waals surface area contributed by atoms with Crippen LogP contribution in [0.25, 0.3) is 0 Å². The van der Waals surface area contributed by atoms with E-state index < -0.39 is 0 Å². The molecule has 1 N–H and O–H groups in total. The molecule has 18 heavy (non-hydrogen) atoms. The minimum absolute atomic E-state index is 0.217. The van der Waals surface area contributed by atoms with Crippen molar-refractivity contribution in [1.82, 2.24) is 19.8 Å². The second kappa shape index (κ2) is 6.54. The molecule has 1 aromatic rings. The molecule has 100 valence electrons. The number of carbonyl (C=O) groups is 1. The molecule has 0 saturated carbocycles. The molecular formula is C13H22N4O. The molecule has 0 bridgehead atoms. The first kappa shape index (κ1) is 13.1. The normalized spacial score (nSPS) is 17.8. The van der Waals surface area contributed by atoms with Gasteiger partial charge in [0.1, 0.15) is 0 Å². The molecule has 0 spiro atoms. The van der Waals surface area contributed by atoms with Gasteiger partial charge in [0.25, 0.3) is 0 Å². The summed E-state index contributed by atoms with van der Waals surface area (Å²) in [6, 6.07) is 0. The Morgan fingerprint density at radius 3 is 2.89 bits per heavy atom. The average Bonchev–Trinajstić information content (AvgIpc) is 2.88. The van der Waals surface area contributed by atoms with E-state index in [0.29, 0.717) is 0 Å². The van der Waals surface area contributed by atoms with E-state index in [1.165, 1.54) is 0 Å². The second-order valence-electron chi connectivity index (χ2n) is 5.02. The first-order valence-corrected chi connectivity index (χ1v) is 6.67. The van der Waals surface area contributed by atoms with Gasteiger partial charge < -0.3 is 14.8 Å². The fourth-order valence-electron chi connectivity index (χ4n) is 2.31. The number of amides is 1. The van der Waals surface area contributed by atoms with E-state index in [-0.39, 0.29) is 11.8 Å². The summed E-state index contributed by atoms with van der Waals surface area (Å²) in [5.74, 6) is 0.447. The van der Waals surface area contributed by atoms with E-state index in [2.05, 4.69) is 22.2 Å².